The molecule has 2 rings (SSSR count). The first-order valence-electron chi connectivity index (χ1n) is 8.03. The molecule has 6 nitrogen and oxygen atoms in total. The first-order valence-corrected chi connectivity index (χ1v) is 8.91. The molecule has 0 aliphatic rings. The van der Waals surface area contributed by atoms with E-state index in [2.05, 4.69) is 38.7 Å². The molecule has 0 unspecified atom stereocenters. The topological polar surface area (TPSA) is 87.1 Å². The molecule has 1 aromatic heterocycles. The van der Waals surface area contributed by atoms with Crippen LogP contribution in [0.5, 0.6) is 0 Å². The van der Waals surface area contributed by atoms with Crippen LogP contribution in [-0.2, 0) is 7.05 Å². The van der Waals surface area contributed by atoms with Gasteiger partial charge in [-0.25, -0.2) is 4.57 Å². The Labute approximate surface area is 141 Å². The Morgan fingerprint density at radius 3 is 2.22 bits per heavy atom. The average Bonchev–Trinajstić information content (AvgIpc) is 2.99. The van der Waals surface area contributed by atoms with Gasteiger partial charge < -0.3 is 16.4 Å². The van der Waals surface area contributed by atoms with Gasteiger partial charge in [0.05, 0.1) is 25.3 Å². The number of anilines is 1. The van der Waals surface area contributed by atoms with Crippen molar-refractivity contribution >= 4 is 27.8 Å². The highest BCUT2D eigenvalue weighted by Gasteiger charge is 2.09. The number of thiazole rings is 1. The van der Waals surface area contributed by atoms with E-state index in [4.69, 9.17) is 0 Å². The number of hydrogen-bond donors (Lipinski definition) is 2. The van der Waals surface area contributed by atoms with Crippen molar-refractivity contribution < 1.29 is 16.0 Å². The average molecular weight is 336 g/mol. The molecular formula is C16H27N6S+3. The van der Waals surface area contributed by atoms with Crippen LogP contribution in [0.15, 0.2) is 46.1 Å². The fraction of sp³-hybridized carbons (Fsp3) is 0.438. The van der Waals surface area contributed by atoms with Crippen LogP contribution in [0.4, 0.5) is 16.5 Å². The first kappa shape index (κ1) is 17.5. The summed E-state index contributed by atoms with van der Waals surface area (Å²) >= 11 is 1.58. The SMILES string of the molecule is C[n+]1ccsc1N=Nc1ccc(N(CCC[NH3+])CCC[NH3+])cc1. The van der Waals surface area contributed by atoms with Gasteiger partial charge in [0.1, 0.15) is 11.9 Å². The Balaban J connectivity index is 2.04. The number of aromatic nitrogens is 1. The Morgan fingerprint density at radius 2 is 1.70 bits per heavy atom. The van der Waals surface area contributed by atoms with E-state index in [0.717, 1.165) is 49.8 Å². The molecule has 0 aliphatic carbocycles. The lowest BCUT2D eigenvalue weighted by molar-refractivity contribution is -0.654. The largest absolute Gasteiger partial charge is 0.408 e. The van der Waals surface area contributed by atoms with Crippen molar-refractivity contribution in [2.75, 3.05) is 31.1 Å². The maximum atomic E-state index is 4.31. The van der Waals surface area contributed by atoms with Gasteiger partial charge in [0.25, 0.3) is 0 Å². The van der Waals surface area contributed by atoms with Crippen LogP contribution in [0.25, 0.3) is 0 Å². The molecule has 1 aromatic carbocycles. The zero-order chi connectivity index (χ0) is 16.5. The van der Waals surface area contributed by atoms with E-state index in [1.165, 1.54) is 5.69 Å². The molecule has 6 N–H and O–H groups in total. The van der Waals surface area contributed by atoms with E-state index in [1.54, 1.807) is 11.3 Å². The van der Waals surface area contributed by atoms with Crippen LogP contribution in [-0.4, -0.2) is 26.2 Å². The summed E-state index contributed by atoms with van der Waals surface area (Å²) in [6, 6.07) is 8.28. The number of quaternary nitrogens is 2. The highest BCUT2D eigenvalue weighted by molar-refractivity contribution is 7.12. The van der Waals surface area contributed by atoms with Gasteiger partial charge in [-0.05, 0) is 40.7 Å². The highest BCUT2D eigenvalue weighted by atomic mass is 32.1. The third kappa shape index (κ3) is 5.38. The minimum atomic E-state index is 0.872. The number of azo groups is 1. The smallest absolute Gasteiger partial charge is 0.371 e. The lowest BCUT2D eigenvalue weighted by Gasteiger charge is -2.23. The fourth-order valence-electron chi connectivity index (χ4n) is 2.23. The van der Waals surface area contributed by atoms with Gasteiger partial charge in [0, 0.05) is 37.0 Å². The minimum Gasteiger partial charge on any atom is -0.371 e. The van der Waals surface area contributed by atoms with Crippen molar-refractivity contribution in [1.29, 1.82) is 0 Å². The molecule has 0 saturated heterocycles. The Bertz CT molecular complexity index is 599. The molecule has 7 heteroatoms. The summed E-state index contributed by atoms with van der Waals surface area (Å²) in [5, 5.41) is 11.5. The summed E-state index contributed by atoms with van der Waals surface area (Å²) in [5.41, 5.74) is 9.97. The molecule has 2 aromatic rings. The molecule has 0 saturated carbocycles. The Hall–Kier alpha value is -1.83. The predicted octanol–water partition coefficient (Wildman–Crippen LogP) is 1.06. The van der Waals surface area contributed by atoms with Crippen molar-refractivity contribution in [3.05, 3.63) is 35.8 Å². The van der Waals surface area contributed by atoms with Gasteiger partial charge in [-0.1, -0.05) is 0 Å². The third-order valence-electron chi connectivity index (χ3n) is 3.58. The van der Waals surface area contributed by atoms with Crippen LogP contribution < -0.4 is 20.9 Å². The summed E-state index contributed by atoms with van der Waals surface area (Å²) in [6.45, 7) is 4.00. The van der Waals surface area contributed by atoms with Crippen molar-refractivity contribution in [2.45, 2.75) is 12.8 Å². The van der Waals surface area contributed by atoms with E-state index in [1.807, 2.05) is 35.3 Å². The molecule has 23 heavy (non-hydrogen) atoms. The zero-order valence-electron chi connectivity index (χ0n) is 13.8. The first-order chi connectivity index (χ1) is 11.2. The van der Waals surface area contributed by atoms with Gasteiger partial charge in [-0.15, -0.1) is 0 Å². The Kier molecular flexibility index (Phi) is 7.12. The standard InChI is InChI=1S/C16H25N6S/c1-21-12-13-23-16(21)20-19-14-4-6-15(7-5-14)22(10-2-8-17)11-3-9-18/h4-7,12-13H,2-3,8-11,17-18H2,1H3/q+1/p+2. The van der Waals surface area contributed by atoms with Gasteiger partial charge >= 0.3 is 5.13 Å². The fourth-order valence-corrected chi connectivity index (χ4v) is 2.91. The van der Waals surface area contributed by atoms with Crippen LogP contribution in [0, 0.1) is 0 Å². The van der Waals surface area contributed by atoms with Crippen LogP contribution in [0.1, 0.15) is 12.8 Å². The molecule has 1 heterocycles. The maximum absolute atomic E-state index is 4.31. The van der Waals surface area contributed by atoms with Gasteiger partial charge in [-0.3, -0.25) is 0 Å². The van der Waals surface area contributed by atoms with Crippen molar-refractivity contribution in [2.24, 2.45) is 17.3 Å². The summed E-state index contributed by atoms with van der Waals surface area (Å²) < 4.78 is 1.96. The number of benzene rings is 1. The monoisotopic (exact) mass is 335 g/mol. The normalized spacial score (nSPS) is 11.3. The van der Waals surface area contributed by atoms with Crippen molar-refractivity contribution in [1.82, 2.24) is 0 Å². The third-order valence-corrected chi connectivity index (χ3v) is 4.42. The zero-order valence-corrected chi connectivity index (χ0v) is 14.6. The molecule has 0 radical (unpaired) electrons. The van der Waals surface area contributed by atoms with E-state index in [0.29, 0.717) is 0 Å². The van der Waals surface area contributed by atoms with Gasteiger partial charge in [0.2, 0.25) is 0 Å². The lowest BCUT2D eigenvalue weighted by atomic mass is 10.2. The van der Waals surface area contributed by atoms with Crippen LogP contribution >= 0.6 is 11.3 Å². The van der Waals surface area contributed by atoms with Crippen LogP contribution in [0.3, 0.4) is 0 Å². The number of nitrogens with zero attached hydrogens (tertiary/aromatic N) is 4. The second-order valence-corrected chi connectivity index (χ2v) is 6.29. The minimum absolute atomic E-state index is 0.872. The maximum Gasteiger partial charge on any atom is 0.408 e. The molecule has 0 fully saturated rings. The van der Waals surface area contributed by atoms with Crippen LogP contribution in [0.2, 0.25) is 0 Å². The highest BCUT2D eigenvalue weighted by Crippen LogP contribution is 2.22. The molecule has 124 valence electrons. The Morgan fingerprint density at radius 1 is 1.04 bits per heavy atom. The van der Waals surface area contributed by atoms with E-state index in [-0.39, 0.29) is 0 Å². The van der Waals surface area contributed by atoms with Gasteiger partial charge in [0.15, 0.2) is 0 Å². The summed E-state index contributed by atoms with van der Waals surface area (Å²) in [6.07, 6.45) is 4.19. The van der Waals surface area contributed by atoms with Crippen molar-refractivity contribution in [3.8, 4) is 0 Å². The van der Waals surface area contributed by atoms with Crippen molar-refractivity contribution in [3.63, 3.8) is 0 Å². The summed E-state index contributed by atoms with van der Waals surface area (Å²) in [4.78, 5) is 2.40. The summed E-state index contributed by atoms with van der Waals surface area (Å²) in [7, 11) is 1.97. The molecule has 0 amide bonds. The molecule has 0 aliphatic heterocycles. The number of rotatable bonds is 9. The number of aryl methyl sites for hydroxylation is 1. The molecular weight excluding hydrogens is 308 g/mol. The summed E-state index contributed by atoms with van der Waals surface area (Å²) in [5.74, 6) is 0. The van der Waals surface area contributed by atoms with E-state index in [9.17, 15) is 0 Å². The van der Waals surface area contributed by atoms with E-state index < -0.39 is 0 Å². The van der Waals surface area contributed by atoms with E-state index >= 15 is 0 Å². The predicted molar refractivity (Wildman–Crippen MR) is 93.1 cm³/mol. The molecule has 0 bridgehead atoms. The second-order valence-electron chi connectivity index (χ2n) is 5.41. The molecule has 0 spiro atoms. The quantitative estimate of drug-likeness (QED) is 0.521. The van der Waals surface area contributed by atoms with Gasteiger partial charge in [-0.2, -0.15) is 0 Å². The second kappa shape index (κ2) is 9.34. The molecule has 0 atom stereocenters. The lowest BCUT2D eigenvalue weighted by Crippen LogP contribution is -2.52. The number of hydrogen-bond acceptors (Lipinski definition) is 4.